The van der Waals surface area contributed by atoms with Crippen LogP contribution in [0.1, 0.15) is 52.6 Å². The zero-order valence-corrected chi connectivity index (χ0v) is 22.1. The van der Waals surface area contributed by atoms with Gasteiger partial charge in [0.15, 0.2) is 0 Å². The first kappa shape index (κ1) is 26.2. The number of aromatic nitrogens is 2. The molecule has 4 aromatic rings. The molecule has 0 unspecified atom stereocenters. The summed E-state index contributed by atoms with van der Waals surface area (Å²) in [6.07, 6.45) is 2.95. The minimum atomic E-state index is -3.87. The molecule has 0 bridgehead atoms. The van der Waals surface area contributed by atoms with E-state index in [1.54, 1.807) is 18.2 Å². The van der Waals surface area contributed by atoms with Gasteiger partial charge >= 0.3 is 0 Å². The van der Waals surface area contributed by atoms with Crippen molar-refractivity contribution in [1.29, 1.82) is 0 Å². The standard InChI is InChI=1S/C29H26ClN3O3S/c1-3-4-8-17-37(35,36)32-29(34)24-15-16-27-28(19-24)33(21(2)31-27)20-25-14-13-23(18-26(25)30)12-11-22-9-6-5-7-10-22/h5-10,13-19H,3-4,20H2,1-2H3,(H,32,34)/b17-8+. The van der Waals surface area contributed by atoms with Gasteiger partial charge in [-0.15, -0.1) is 0 Å². The van der Waals surface area contributed by atoms with E-state index in [-0.39, 0.29) is 5.56 Å². The van der Waals surface area contributed by atoms with E-state index >= 15 is 0 Å². The van der Waals surface area contributed by atoms with Crippen LogP contribution >= 0.6 is 11.6 Å². The summed E-state index contributed by atoms with van der Waals surface area (Å²) in [4.78, 5) is 17.3. The number of carbonyl (C=O) groups is 1. The first-order chi connectivity index (χ1) is 17.8. The zero-order chi connectivity index (χ0) is 26.4. The minimum absolute atomic E-state index is 0.221. The molecule has 8 heteroatoms. The summed E-state index contributed by atoms with van der Waals surface area (Å²) in [5, 5.41) is 1.59. The SMILES string of the molecule is CCC/C=C/S(=O)(=O)NC(=O)c1ccc2nc(C)n(Cc3ccc(C#Cc4ccccc4)cc3Cl)c2c1. The van der Waals surface area contributed by atoms with Crippen LogP contribution in [-0.2, 0) is 16.6 Å². The first-order valence-electron chi connectivity index (χ1n) is 11.8. The average Bonchev–Trinajstić information content (AvgIpc) is 3.18. The van der Waals surface area contributed by atoms with Gasteiger partial charge < -0.3 is 4.57 Å². The van der Waals surface area contributed by atoms with Gasteiger partial charge in [-0.05, 0) is 61.4 Å². The second-order valence-electron chi connectivity index (χ2n) is 8.51. The molecular formula is C29H26ClN3O3S. The van der Waals surface area contributed by atoms with Crippen molar-refractivity contribution in [2.45, 2.75) is 33.2 Å². The Morgan fingerprint density at radius 3 is 2.54 bits per heavy atom. The lowest BCUT2D eigenvalue weighted by molar-refractivity contribution is 0.0982. The number of carbonyl (C=O) groups excluding carboxylic acids is 1. The molecule has 37 heavy (non-hydrogen) atoms. The lowest BCUT2D eigenvalue weighted by Crippen LogP contribution is -2.28. The van der Waals surface area contributed by atoms with Crippen LogP contribution in [0.3, 0.4) is 0 Å². The van der Waals surface area contributed by atoms with Crippen molar-refractivity contribution in [2.75, 3.05) is 0 Å². The van der Waals surface area contributed by atoms with Crippen LogP contribution in [-0.4, -0.2) is 23.9 Å². The summed E-state index contributed by atoms with van der Waals surface area (Å²) in [5.41, 5.74) is 4.21. The Morgan fingerprint density at radius 2 is 1.81 bits per heavy atom. The second kappa shape index (κ2) is 11.5. The molecule has 0 fully saturated rings. The summed E-state index contributed by atoms with van der Waals surface area (Å²) in [6.45, 7) is 4.24. The highest BCUT2D eigenvalue weighted by Gasteiger charge is 2.16. The van der Waals surface area contributed by atoms with Crippen molar-refractivity contribution >= 4 is 38.6 Å². The largest absolute Gasteiger partial charge is 0.324 e. The molecule has 4 rings (SSSR count). The minimum Gasteiger partial charge on any atom is -0.324 e. The molecule has 1 aromatic heterocycles. The normalized spacial score (nSPS) is 11.4. The van der Waals surface area contributed by atoms with E-state index < -0.39 is 15.9 Å². The Balaban J connectivity index is 1.58. The highest BCUT2D eigenvalue weighted by atomic mass is 35.5. The summed E-state index contributed by atoms with van der Waals surface area (Å²) >= 11 is 6.60. The molecule has 3 aromatic carbocycles. The van der Waals surface area contributed by atoms with Crippen LogP contribution < -0.4 is 4.72 Å². The quantitative estimate of drug-likeness (QED) is 0.305. The number of benzene rings is 3. The number of unbranched alkanes of at least 4 members (excludes halogenated alkanes) is 1. The lowest BCUT2D eigenvalue weighted by Gasteiger charge is -2.10. The number of allylic oxidation sites excluding steroid dienone is 1. The molecule has 0 atom stereocenters. The highest BCUT2D eigenvalue weighted by Crippen LogP contribution is 2.24. The van der Waals surface area contributed by atoms with Gasteiger partial charge in [0, 0.05) is 27.1 Å². The monoisotopic (exact) mass is 531 g/mol. The summed E-state index contributed by atoms with van der Waals surface area (Å²) in [5.74, 6) is 6.30. The third kappa shape index (κ3) is 6.67. The van der Waals surface area contributed by atoms with Crippen molar-refractivity contribution < 1.29 is 13.2 Å². The Labute approximate surface area is 222 Å². The average molecular weight is 532 g/mol. The van der Waals surface area contributed by atoms with E-state index in [9.17, 15) is 13.2 Å². The maximum absolute atomic E-state index is 12.7. The van der Waals surface area contributed by atoms with Gasteiger partial charge in [-0.1, -0.05) is 67.1 Å². The number of hydrogen-bond acceptors (Lipinski definition) is 4. The number of fused-ring (bicyclic) bond motifs is 1. The fourth-order valence-corrected chi connectivity index (χ4v) is 4.83. The molecule has 1 amide bonds. The third-order valence-electron chi connectivity index (χ3n) is 5.67. The highest BCUT2D eigenvalue weighted by molar-refractivity contribution is 7.92. The predicted octanol–water partition coefficient (Wildman–Crippen LogP) is 5.82. The number of nitrogens with one attached hydrogen (secondary N) is 1. The molecule has 0 aliphatic heterocycles. The number of nitrogens with zero attached hydrogens (tertiary/aromatic N) is 2. The van der Waals surface area contributed by atoms with E-state index in [1.165, 1.54) is 6.08 Å². The molecule has 0 saturated carbocycles. The molecule has 0 aliphatic carbocycles. The van der Waals surface area contributed by atoms with Crippen molar-refractivity contribution in [1.82, 2.24) is 14.3 Å². The van der Waals surface area contributed by atoms with Gasteiger partial charge in [-0.3, -0.25) is 4.79 Å². The van der Waals surface area contributed by atoms with Crippen molar-refractivity contribution in [3.05, 3.63) is 111 Å². The summed E-state index contributed by atoms with van der Waals surface area (Å²) < 4.78 is 28.4. The van der Waals surface area contributed by atoms with Crippen molar-refractivity contribution in [2.24, 2.45) is 0 Å². The molecule has 0 radical (unpaired) electrons. The van der Waals surface area contributed by atoms with Crippen LogP contribution in [0.2, 0.25) is 5.02 Å². The maximum Gasteiger partial charge on any atom is 0.265 e. The summed E-state index contributed by atoms with van der Waals surface area (Å²) in [6, 6.07) is 20.3. The molecule has 188 valence electrons. The van der Waals surface area contributed by atoms with Crippen molar-refractivity contribution in [3.63, 3.8) is 0 Å². The Bertz CT molecular complexity index is 1650. The van der Waals surface area contributed by atoms with E-state index in [2.05, 4.69) is 21.5 Å². The van der Waals surface area contributed by atoms with Gasteiger partial charge in [0.2, 0.25) is 0 Å². The number of amides is 1. The number of hydrogen-bond donors (Lipinski definition) is 1. The van der Waals surface area contributed by atoms with E-state index in [0.717, 1.165) is 34.3 Å². The van der Waals surface area contributed by atoms with Crippen LogP contribution in [0.4, 0.5) is 0 Å². The number of imidazole rings is 1. The molecule has 1 heterocycles. The number of sulfonamides is 1. The van der Waals surface area contributed by atoms with Crippen LogP contribution in [0.5, 0.6) is 0 Å². The van der Waals surface area contributed by atoms with Crippen LogP contribution in [0.25, 0.3) is 11.0 Å². The fourth-order valence-electron chi connectivity index (χ4n) is 3.76. The summed E-state index contributed by atoms with van der Waals surface area (Å²) in [7, 11) is -3.87. The lowest BCUT2D eigenvalue weighted by atomic mass is 10.1. The Morgan fingerprint density at radius 1 is 1.05 bits per heavy atom. The maximum atomic E-state index is 12.7. The van der Waals surface area contributed by atoms with Crippen LogP contribution in [0, 0.1) is 18.8 Å². The molecule has 0 spiro atoms. The molecule has 6 nitrogen and oxygen atoms in total. The van der Waals surface area contributed by atoms with Gasteiger partial charge in [0.1, 0.15) is 5.82 Å². The predicted molar refractivity (Wildman–Crippen MR) is 148 cm³/mol. The fraction of sp³-hybridized carbons (Fsp3) is 0.172. The Kier molecular flexibility index (Phi) is 8.12. The second-order valence-corrected chi connectivity index (χ2v) is 10.5. The van der Waals surface area contributed by atoms with Gasteiger partial charge in [0.05, 0.1) is 17.6 Å². The zero-order valence-electron chi connectivity index (χ0n) is 20.5. The number of aryl methyl sites for hydroxylation is 1. The van der Waals surface area contributed by atoms with Crippen LogP contribution in [0.15, 0.2) is 78.2 Å². The topological polar surface area (TPSA) is 81.1 Å². The van der Waals surface area contributed by atoms with Crippen molar-refractivity contribution in [3.8, 4) is 11.8 Å². The smallest absolute Gasteiger partial charge is 0.265 e. The number of rotatable bonds is 7. The van der Waals surface area contributed by atoms with E-state index in [0.29, 0.717) is 29.0 Å². The molecule has 0 saturated heterocycles. The number of halogens is 1. The van der Waals surface area contributed by atoms with Gasteiger partial charge in [0.25, 0.3) is 15.9 Å². The van der Waals surface area contributed by atoms with E-state index in [4.69, 9.17) is 11.6 Å². The van der Waals surface area contributed by atoms with E-state index in [1.807, 2.05) is 66.9 Å². The Hall–Kier alpha value is -3.86. The molecular weight excluding hydrogens is 506 g/mol. The first-order valence-corrected chi connectivity index (χ1v) is 13.7. The molecule has 1 N–H and O–H groups in total. The molecule has 0 aliphatic rings. The van der Waals surface area contributed by atoms with Gasteiger partial charge in [-0.25, -0.2) is 18.1 Å². The third-order valence-corrected chi connectivity index (χ3v) is 7.05. The van der Waals surface area contributed by atoms with Gasteiger partial charge in [-0.2, -0.15) is 0 Å².